The number of hydrogen-bond acceptors (Lipinski definition) is 5. The van der Waals surface area contributed by atoms with Crippen molar-refractivity contribution in [3.63, 3.8) is 0 Å². The summed E-state index contributed by atoms with van der Waals surface area (Å²) in [4.78, 5) is 12.7. The highest BCUT2D eigenvalue weighted by Gasteiger charge is 2.68. The molecule has 2 bridgehead atoms. The van der Waals surface area contributed by atoms with Gasteiger partial charge in [0.15, 0.2) is 0 Å². The molecule has 4 fully saturated rings. The van der Waals surface area contributed by atoms with E-state index in [0.29, 0.717) is 18.3 Å². The largest absolute Gasteiger partial charge is 0.495 e. The van der Waals surface area contributed by atoms with Crippen LogP contribution in [0.15, 0.2) is 12.1 Å². The standard InChI is InChI=1S/C25H36BFO5/c1-14(26-31-19-13-16-12-18(24(16,5)6)25(19,7)32-26)11-15-9-10-17(27)20(21(15)29-8)22(28)30-23(2,3)4/h9-10,14,16,18-19H,11-13H2,1-8H3/t14-,16+,18+,19?,25+/m1/s1. The Morgan fingerprint density at radius 3 is 2.56 bits per heavy atom. The molecule has 0 amide bonds. The van der Waals surface area contributed by atoms with E-state index in [1.807, 2.05) is 0 Å². The van der Waals surface area contributed by atoms with Crippen molar-refractivity contribution in [1.29, 1.82) is 0 Å². The Hall–Kier alpha value is -1.60. The molecule has 5 atom stereocenters. The fraction of sp³-hybridized carbons (Fsp3) is 0.720. The van der Waals surface area contributed by atoms with Crippen LogP contribution in [0.25, 0.3) is 0 Å². The highest BCUT2D eigenvalue weighted by molar-refractivity contribution is 6.47. The molecule has 4 aliphatic rings. The molecular weight excluding hydrogens is 410 g/mol. The number of carbonyl (C=O) groups is 1. The fourth-order valence-corrected chi connectivity index (χ4v) is 6.10. The third kappa shape index (κ3) is 3.75. The van der Waals surface area contributed by atoms with Crippen LogP contribution in [-0.4, -0.2) is 37.5 Å². The van der Waals surface area contributed by atoms with Crippen molar-refractivity contribution in [2.75, 3.05) is 7.11 Å². The third-order valence-corrected chi connectivity index (χ3v) is 7.97. The van der Waals surface area contributed by atoms with Gasteiger partial charge >= 0.3 is 13.1 Å². The molecule has 32 heavy (non-hydrogen) atoms. The molecule has 5 rings (SSSR count). The normalized spacial score (nSPS) is 31.5. The van der Waals surface area contributed by atoms with E-state index in [1.165, 1.54) is 19.6 Å². The van der Waals surface area contributed by atoms with Crippen molar-refractivity contribution in [3.8, 4) is 5.75 Å². The average molecular weight is 446 g/mol. The summed E-state index contributed by atoms with van der Waals surface area (Å²) >= 11 is 0. The van der Waals surface area contributed by atoms with Gasteiger partial charge in [0.05, 0.1) is 18.8 Å². The van der Waals surface area contributed by atoms with Gasteiger partial charge in [-0.3, -0.25) is 0 Å². The number of methoxy groups -OCH3 is 1. The quantitative estimate of drug-likeness (QED) is 0.445. The summed E-state index contributed by atoms with van der Waals surface area (Å²) < 4.78 is 38.5. The van der Waals surface area contributed by atoms with Crippen LogP contribution in [0.1, 0.15) is 77.2 Å². The summed E-state index contributed by atoms with van der Waals surface area (Å²) in [5.41, 5.74) is -0.146. The summed E-state index contributed by atoms with van der Waals surface area (Å²) in [5, 5.41) is 0. The topological polar surface area (TPSA) is 54.0 Å². The number of hydrogen-bond donors (Lipinski definition) is 0. The molecule has 1 aromatic carbocycles. The Morgan fingerprint density at radius 2 is 1.97 bits per heavy atom. The van der Waals surface area contributed by atoms with Crippen LogP contribution >= 0.6 is 0 Å². The van der Waals surface area contributed by atoms with Crippen LogP contribution in [0.5, 0.6) is 5.75 Å². The van der Waals surface area contributed by atoms with Gasteiger partial charge in [0.2, 0.25) is 0 Å². The Morgan fingerprint density at radius 1 is 1.28 bits per heavy atom. The molecule has 176 valence electrons. The van der Waals surface area contributed by atoms with Crippen LogP contribution in [0.4, 0.5) is 4.39 Å². The Kier molecular flexibility index (Phi) is 5.69. The minimum atomic E-state index is -0.733. The van der Waals surface area contributed by atoms with Gasteiger partial charge in [-0.2, -0.15) is 0 Å². The smallest absolute Gasteiger partial charge is 0.461 e. The Bertz CT molecular complexity index is 910. The van der Waals surface area contributed by atoms with Crippen molar-refractivity contribution in [3.05, 3.63) is 29.1 Å². The maximum atomic E-state index is 14.6. The molecule has 0 spiro atoms. The van der Waals surface area contributed by atoms with Gasteiger partial charge in [-0.05, 0) is 81.7 Å². The van der Waals surface area contributed by atoms with Crippen LogP contribution in [-0.2, 0) is 20.5 Å². The van der Waals surface area contributed by atoms with E-state index >= 15 is 0 Å². The van der Waals surface area contributed by atoms with Crippen LogP contribution < -0.4 is 4.74 Å². The molecular formula is C25H36BFO5. The lowest BCUT2D eigenvalue weighted by molar-refractivity contribution is -0.199. The third-order valence-electron chi connectivity index (χ3n) is 7.97. The highest BCUT2D eigenvalue weighted by atomic mass is 19.1. The molecule has 5 nitrogen and oxygen atoms in total. The van der Waals surface area contributed by atoms with Crippen molar-refractivity contribution < 1.29 is 28.0 Å². The lowest BCUT2D eigenvalue weighted by Gasteiger charge is -2.64. The van der Waals surface area contributed by atoms with E-state index in [1.54, 1.807) is 26.8 Å². The number of esters is 1. The second kappa shape index (κ2) is 7.73. The zero-order valence-corrected chi connectivity index (χ0v) is 20.6. The molecule has 0 N–H and O–H groups in total. The number of benzene rings is 1. The highest BCUT2D eigenvalue weighted by Crippen LogP contribution is 2.66. The minimum Gasteiger partial charge on any atom is -0.495 e. The van der Waals surface area contributed by atoms with Crippen molar-refractivity contribution in [1.82, 2.24) is 0 Å². The summed E-state index contributed by atoms with van der Waals surface area (Å²) in [6, 6.07) is 2.97. The zero-order valence-electron chi connectivity index (χ0n) is 20.6. The molecule has 3 aliphatic carbocycles. The van der Waals surface area contributed by atoms with E-state index in [0.717, 1.165) is 12.0 Å². The van der Waals surface area contributed by atoms with Gasteiger partial charge < -0.3 is 18.8 Å². The maximum Gasteiger partial charge on any atom is 0.461 e. The molecule has 1 heterocycles. The monoisotopic (exact) mass is 446 g/mol. The minimum absolute atomic E-state index is 0.00332. The lowest BCUT2D eigenvalue weighted by Crippen LogP contribution is -2.65. The first kappa shape index (κ1) is 23.6. The number of rotatable bonds is 5. The van der Waals surface area contributed by atoms with E-state index < -0.39 is 17.4 Å². The summed E-state index contributed by atoms with van der Waals surface area (Å²) in [7, 11) is 1.10. The second-order valence-corrected chi connectivity index (χ2v) is 11.6. The van der Waals surface area contributed by atoms with Crippen LogP contribution in [0, 0.1) is 23.1 Å². The predicted molar refractivity (Wildman–Crippen MR) is 121 cm³/mol. The molecule has 1 saturated heterocycles. The van der Waals surface area contributed by atoms with Gasteiger partial charge in [-0.25, -0.2) is 9.18 Å². The van der Waals surface area contributed by atoms with E-state index in [9.17, 15) is 9.18 Å². The zero-order chi connectivity index (χ0) is 23.6. The number of halogens is 1. The summed E-state index contributed by atoms with van der Waals surface area (Å²) in [6.07, 6.45) is 2.88. The van der Waals surface area contributed by atoms with E-state index in [4.69, 9.17) is 18.8 Å². The molecule has 7 heteroatoms. The molecule has 3 saturated carbocycles. The van der Waals surface area contributed by atoms with Gasteiger partial charge in [0.25, 0.3) is 0 Å². The summed E-state index contributed by atoms with van der Waals surface area (Å²) in [5.74, 6) is 0.0308. The maximum absolute atomic E-state index is 14.6. The fourth-order valence-electron chi connectivity index (χ4n) is 6.10. The van der Waals surface area contributed by atoms with Crippen LogP contribution in [0.2, 0.25) is 5.82 Å². The van der Waals surface area contributed by atoms with Crippen molar-refractivity contribution >= 4 is 13.1 Å². The first-order chi connectivity index (χ1) is 14.8. The first-order valence-electron chi connectivity index (χ1n) is 11.7. The van der Waals surface area contributed by atoms with Crippen LogP contribution in [0.3, 0.4) is 0 Å². The number of carbonyl (C=O) groups excluding carboxylic acids is 1. The Labute approximate surface area is 191 Å². The molecule has 0 aromatic heterocycles. The average Bonchev–Trinajstić information content (AvgIpc) is 3.04. The van der Waals surface area contributed by atoms with E-state index in [-0.39, 0.29) is 41.4 Å². The van der Waals surface area contributed by atoms with Gasteiger partial charge in [-0.1, -0.05) is 26.8 Å². The number of ether oxygens (including phenoxy) is 2. The Balaban J connectivity index is 1.54. The van der Waals surface area contributed by atoms with Crippen molar-refractivity contribution in [2.45, 2.75) is 90.9 Å². The summed E-state index contributed by atoms with van der Waals surface area (Å²) in [6.45, 7) is 14.2. The molecule has 1 aromatic rings. The first-order valence-corrected chi connectivity index (χ1v) is 11.7. The van der Waals surface area contributed by atoms with Gasteiger partial charge in [0, 0.05) is 0 Å². The second-order valence-electron chi connectivity index (χ2n) is 11.6. The molecule has 0 radical (unpaired) electrons. The van der Waals surface area contributed by atoms with Crippen molar-refractivity contribution in [2.24, 2.45) is 17.3 Å². The van der Waals surface area contributed by atoms with Gasteiger partial charge in [-0.15, -0.1) is 0 Å². The van der Waals surface area contributed by atoms with Gasteiger partial charge in [0.1, 0.15) is 22.7 Å². The molecule has 1 aliphatic heterocycles. The molecule has 1 unspecified atom stereocenters. The SMILES string of the molecule is COc1c(C[C@@H](C)B2OC3C[C@@H]4C[C@@H](C4(C)C)[C@]3(C)O2)ccc(F)c1C(=O)OC(C)(C)C. The lowest BCUT2D eigenvalue weighted by atomic mass is 9.43. The van der Waals surface area contributed by atoms with E-state index in [2.05, 4.69) is 27.7 Å². The predicted octanol–water partition coefficient (Wildman–Crippen LogP) is 5.45.